The Morgan fingerprint density at radius 2 is 1.75 bits per heavy atom. The second-order valence-electron chi connectivity index (χ2n) is 5.68. The summed E-state index contributed by atoms with van der Waals surface area (Å²) < 4.78 is 5.62. The molecule has 0 unspecified atom stereocenters. The van der Waals surface area contributed by atoms with Crippen molar-refractivity contribution in [1.82, 2.24) is 0 Å². The van der Waals surface area contributed by atoms with Crippen LogP contribution in [0.25, 0.3) is 0 Å². The first-order valence-corrected chi connectivity index (χ1v) is 8.07. The number of halogens is 1. The summed E-state index contributed by atoms with van der Waals surface area (Å²) in [5.41, 5.74) is 13.2. The van der Waals surface area contributed by atoms with E-state index in [1.54, 1.807) is 6.07 Å². The third kappa shape index (κ3) is 2.51. The van der Waals surface area contributed by atoms with E-state index in [-0.39, 0.29) is 45.2 Å². The fourth-order valence-corrected chi connectivity index (χ4v) is 2.96. The summed E-state index contributed by atoms with van der Waals surface area (Å²) >= 11 is 5.96. The van der Waals surface area contributed by atoms with E-state index in [9.17, 15) is 9.59 Å². The molecule has 2 aromatic rings. The van der Waals surface area contributed by atoms with Crippen LogP contribution in [0.3, 0.4) is 0 Å². The number of carbonyl (C=O) groups excluding carboxylic acids is 2. The lowest BCUT2D eigenvalue weighted by molar-refractivity contribution is 0.0980. The molecule has 4 N–H and O–H groups in total. The highest BCUT2D eigenvalue weighted by molar-refractivity contribution is 6.35. The molecule has 6 heteroatoms. The van der Waals surface area contributed by atoms with Gasteiger partial charge in [0.25, 0.3) is 0 Å². The van der Waals surface area contributed by atoms with Gasteiger partial charge in [0, 0.05) is 27.9 Å². The highest BCUT2D eigenvalue weighted by Crippen LogP contribution is 2.40. The minimum atomic E-state index is -0.368. The first-order chi connectivity index (χ1) is 11.5. The Kier molecular flexibility index (Phi) is 4.20. The maximum Gasteiger partial charge on any atom is 0.196 e. The molecule has 0 fully saturated rings. The number of ketones is 2. The lowest BCUT2D eigenvalue weighted by Crippen LogP contribution is -2.24. The van der Waals surface area contributed by atoms with Crippen LogP contribution in [0.15, 0.2) is 24.3 Å². The van der Waals surface area contributed by atoms with Crippen LogP contribution in [-0.2, 0) is 0 Å². The zero-order valence-electron chi connectivity index (χ0n) is 13.2. The Morgan fingerprint density at radius 3 is 2.46 bits per heavy atom. The van der Waals surface area contributed by atoms with Crippen LogP contribution in [0.4, 0.5) is 11.4 Å². The van der Waals surface area contributed by atoms with Crippen molar-refractivity contribution in [2.45, 2.75) is 19.8 Å². The first-order valence-electron chi connectivity index (χ1n) is 7.69. The van der Waals surface area contributed by atoms with Gasteiger partial charge in [0.05, 0.1) is 23.4 Å². The van der Waals surface area contributed by atoms with Gasteiger partial charge in [0.2, 0.25) is 0 Å². The largest absolute Gasteiger partial charge is 0.491 e. The number of rotatable bonds is 4. The van der Waals surface area contributed by atoms with E-state index in [1.807, 2.05) is 6.92 Å². The highest BCUT2D eigenvalue weighted by atomic mass is 35.5. The van der Waals surface area contributed by atoms with Gasteiger partial charge in [0.1, 0.15) is 5.75 Å². The van der Waals surface area contributed by atoms with Gasteiger partial charge in [-0.15, -0.1) is 0 Å². The molecular weight excluding hydrogens is 328 g/mol. The second kappa shape index (κ2) is 6.17. The molecule has 0 radical (unpaired) electrons. The third-order valence-electron chi connectivity index (χ3n) is 4.04. The van der Waals surface area contributed by atoms with Crippen molar-refractivity contribution < 1.29 is 14.3 Å². The number of hydrogen-bond acceptors (Lipinski definition) is 5. The number of ether oxygens (including phenoxy) is 1. The van der Waals surface area contributed by atoms with Gasteiger partial charge in [-0.25, -0.2) is 0 Å². The van der Waals surface area contributed by atoms with Crippen LogP contribution in [0.2, 0.25) is 5.02 Å². The number of carbonyl (C=O) groups is 2. The predicted molar refractivity (Wildman–Crippen MR) is 94.0 cm³/mol. The standard InChI is InChI=1S/C18H17ClN2O3/c1-2-3-6-24-13-8-12(20)14-15(16(13)21)18(23)11-7-9(19)4-5-10(11)17(14)22/h4-5,7-8H,2-3,6,20-21H2,1H3. The average Bonchev–Trinajstić information content (AvgIpc) is 2.55. The number of nitrogens with two attached hydrogens (primary N) is 2. The van der Waals surface area contributed by atoms with Gasteiger partial charge >= 0.3 is 0 Å². The molecule has 5 nitrogen and oxygen atoms in total. The molecule has 0 saturated carbocycles. The minimum Gasteiger partial charge on any atom is -0.491 e. The summed E-state index contributed by atoms with van der Waals surface area (Å²) in [7, 11) is 0. The maximum absolute atomic E-state index is 12.9. The Labute approximate surface area is 144 Å². The quantitative estimate of drug-likeness (QED) is 0.558. The zero-order valence-corrected chi connectivity index (χ0v) is 13.9. The monoisotopic (exact) mass is 344 g/mol. The lowest BCUT2D eigenvalue weighted by Gasteiger charge is -2.22. The molecule has 1 aliphatic rings. The number of anilines is 2. The van der Waals surface area contributed by atoms with Crippen molar-refractivity contribution in [1.29, 1.82) is 0 Å². The summed E-state index contributed by atoms with van der Waals surface area (Å²) in [5.74, 6) is -0.376. The highest BCUT2D eigenvalue weighted by Gasteiger charge is 2.34. The van der Waals surface area contributed by atoms with Gasteiger partial charge in [0.15, 0.2) is 11.6 Å². The molecular formula is C18H17ClN2O3. The van der Waals surface area contributed by atoms with E-state index >= 15 is 0 Å². The zero-order chi connectivity index (χ0) is 17.4. The molecule has 3 rings (SSSR count). The Morgan fingerprint density at radius 1 is 1.04 bits per heavy atom. The Hall–Kier alpha value is -2.53. The second-order valence-corrected chi connectivity index (χ2v) is 6.11. The molecule has 0 saturated heterocycles. The predicted octanol–water partition coefficient (Wildman–Crippen LogP) is 3.46. The number of unbranched alkanes of at least 4 members (excludes halogenated alkanes) is 1. The first kappa shape index (κ1) is 16.3. The van der Waals surface area contributed by atoms with Gasteiger partial charge in [-0.3, -0.25) is 9.59 Å². The molecule has 0 bridgehead atoms. The van der Waals surface area contributed by atoms with E-state index in [2.05, 4.69) is 0 Å². The summed E-state index contributed by atoms with van der Waals surface area (Å²) in [6.07, 6.45) is 1.81. The number of hydrogen-bond donors (Lipinski definition) is 2. The van der Waals surface area contributed by atoms with Gasteiger partial charge in [-0.1, -0.05) is 24.9 Å². The van der Waals surface area contributed by atoms with E-state index in [0.717, 1.165) is 12.8 Å². The smallest absolute Gasteiger partial charge is 0.196 e. The molecule has 0 heterocycles. The van der Waals surface area contributed by atoms with Crippen molar-refractivity contribution in [2.24, 2.45) is 0 Å². The van der Waals surface area contributed by atoms with Crippen LogP contribution in [0, 0.1) is 0 Å². The van der Waals surface area contributed by atoms with Crippen LogP contribution in [-0.4, -0.2) is 18.2 Å². The lowest BCUT2D eigenvalue weighted by atomic mass is 9.82. The molecule has 124 valence electrons. The summed E-state index contributed by atoms with van der Waals surface area (Å²) in [4.78, 5) is 25.6. The summed E-state index contributed by atoms with van der Waals surface area (Å²) in [6.45, 7) is 2.50. The van der Waals surface area contributed by atoms with Gasteiger partial charge in [-0.2, -0.15) is 0 Å². The SMILES string of the molecule is CCCCOc1cc(N)c2c(c1N)C(=O)c1cc(Cl)ccc1C2=O. The molecule has 0 aromatic heterocycles. The summed E-state index contributed by atoms with van der Waals surface area (Å²) in [6, 6.07) is 6.08. The van der Waals surface area contributed by atoms with Gasteiger partial charge in [-0.05, 0) is 24.6 Å². The Balaban J connectivity index is 2.16. The average molecular weight is 345 g/mol. The molecule has 0 aliphatic heterocycles. The van der Waals surface area contributed by atoms with Crippen molar-refractivity contribution in [3.05, 3.63) is 51.5 Å². The van der Waals surface area contributed by atoms with Crippen LogP contribution >= 0.6 is 11.6 Å². The summed E-state index contributed by atoms with van der Waals surface area (Å²) in [5, 5.41) is 0.375. The number of nitrogen functional groups attached to an aromatic ring is 2. The van der Waals surface area contributed by atoms with E-state index < -0.39 is 0 Å². The van der Waals surface area contributed by atoms with E-state index in [1.165, 1.54) is 18.2 Å². The normalized spacial score (nSPS) is 12.8. The molecule has 0 amide bonds. The van der Waals surface area contributed by atoms with Crippen LogP contribution in [0.1, 0.15) is 51.6 Å². The van der Waals surface area contributed by atoms with Crippen molar-refractivity contribution in [3.63, 3.8) is 0 Å². The number of fused-ring (bicyclic) bond motifs is 2. The fourth-order valence-electron chi connectivity index (χ4n) is 2.79. The molecule has 0 spiro atoms. The molecule has 0 atom stereocenters. The third-order valence-corrected chi connectivity index (χ3v) is 4.28. The van der Waals surface area contributed by atoms with E-state index in [0.29, 0.717) is 17.4 Å². The van der Waals surface area contributed by atoms with Crippen molar-refractivity contribution in [3.8, 4) is 5.75 Å². The van der Waals surface area contributed by atoms with Gasteiger partial charge < -0.3 is 16.2 Å². The molecule has 1 aliphatic carbocycles. The minimum absolute atomic E-state index is 0.0984. The van der Waals surface area contributed by atoms with Crippen LogP contribution in [0.5, 0.6) is 5.75 Å². The Bertz CT molecular complexity index is 862. The van der Waals surface area contributed by atoms with E-state index in [4.69, 9.17) is 27.8 Å². The fraction of sp³-hybridized carbons (Fsp3) is 0.222. The molecule has 2 aromatic carbocycles. The van der Waals surface area contributed by atoms with Crippen molar-refractivity contribution in [2.75, 3.05) is 18.1 Å². The van der Waals surface area contributed by atoms with Crippen LogP contribution < -0.4 is 16.2 Å². The number of benzene rings is 2. The molecule has 24 heavy (non-hydrogen) atoms. The topological polar surface area (TPSA) is 95.4 Å². The van der Waals surface area contributed by atoms with Crippen molar-refractivity contribution >= 4 is 34.5 Å². The maximum atomic E-state index is 12.9.